The van der Waals surface area contributed by atoms with Crippen molar-refractivity contribution in [3.63, 3.8) is 0 Å². The van der Waals surface area contributed by atoms with Crippen molar-refractivity contribution < 1.29 is 0 Å². The van der Waals surface area contributed by atoms with Crippen LogP contribution in [0.3, 0.4) is 0 Å². The maximum atomic E-state index is 12.0. The Morgan fingerprint density at radius 1 is 1.32 bits per heavy atom. The monoisotopic (exact) mass is 273 g/mol. The predicted molar refractivity (Wildman–Crippen MR) is 73.0 cm³/mol. The minimum absolute atomic E-state index is 0.0229. The van der Waals surface area contributed by atoms with Crippen molar-refractivity contribution in [3.8, 4) is 0 Å². The SMILES string of the molecule is CC(Sc1ncn[nH]1)c1nc2ccccc2c(=O)[nH]1. The van der Waals surface area contributed by atoms with E-state index in [1.165, 1.54) is 18.1 Å². The second-order valence-corrected chi connectivity index (χ2v) is 5.35. The number of nitrogens with one attached hydrogen (secondary N) is 2. The average molecular weight is 273 g/mol. The number of nitrogens with zero attached hydrogens (tertiary/aromatic N) is 3. The Morgan fingerprint density at radius 2 is 2.16 bits per heavy atom. The maximum absolute atomic E-state index is 12.0. The molecule has 7 heteroatoms. The zero-order valence-electron chi connectivity index (χ0n) is 10.1. The number of thioether (sulfide) groups is 1. The molecular weight excluding hydrogens is 262 g/mol. The van der Waals surface area contributed by atoms with Crippen LogP contribution < -0.4 is 5.56 Å². The highest BCUT2D eigenvalue weighted by Gasteiger charge is 2.13. The van der Waals surface area contributed by atoms with Crippen molar-refractivity contribution in [1.29, 1.82) is 0 Å². The fourth-order valence-electron chi connectivity index (χ4n) is 1.77. The summed E-state index contributed by atoms with van der Waals surface area (Å²) in [6.07, 6.45) is 1.45. The Hall–Kier alpha value is -2.15. The molecule has 96 valence electrons. The van der Waals surface area contributed by atoms with Crippen LogP contribution >= 0.6 is 11.8 Å². The third-order valence-corrected chi connectivity index (χ3v) is 3.69. The molecule has 6 nitrogen and oxygen atoms in total. The van der Waals surface area contributed by atoms with Crippen LogP contribution in [0.15, 0.2) is 40.5 Å². The molecule has 2 heterocycles. The Kier molecular flexibility index (Phi) is 3.04. The van der Waals surface area contributed by atoms with Gasteiger partial charge in [-0.3, -0.25) is 9.89 Å². The molecule has 0 fully saturated rings. The van der Waals surface area contributed by atoms with Crippen LogP contribution in [0.5, 0.6) is 0 Å². The van der Waals surface area contributed by atoms with Gasteiger partial charge in [0.1, 0.15) is 12.2 Å². The van der Waals surface area contributed by atoms with Crippen molar-refractivity contribution in [1.82, 2.24) is 25.1 Å². The lowest BCUT2D eigenvalue weighted by Crippen LogP contribution is -2.12. The van der Waals surface area contributed by atoms with Gasteiger partial charge in [-0.25, -0.2) is 9.97 Å². The molecule has 0 aliphatic carbocycles. The van der Waals surface area contributed by atoms with Crippen LogP contribution in [0.1, 0.15) is 18.0 Å². The molecule has 0 saturated heterocycles. The Balaban J connectivity index is 1.98. The lowest BCUT2D eigenvalue weighted by Gasteiger charge is -2.08. The highest BCUT2D eigenvalue weighted by molar-refractivity contribution is 7.99. The van der Waals surface area contributed by atoms with Gasteiger partial charge in [0.25, 0.3) is 5.56 Å². The zero-order chi connectivity index (χ0) is 13.2. The molecule has 0 aliphatic heterocycles. The number of para-hydroxylation sites is 1. The number of fused-ring (bicyclic) bond motifs is 1. The number of aromatic amines is 2. The van der Waals surface area contributed by atoms with E-state index in [9.17, 15) is 4.79 Å². The minimum Gasteiger partial charge on any atom is -0.309 e. The summed E-state index contributed by atoms with van der Waals surface area (Å²) in [5, 5.41) is 7.83. The lowest BCUT2D eigenvalue weighted by molar-refractivity contribution is 0.904. The van der Waals surface area contributed by atoms with E-state index < -0.39 is 0 Å². The number of rotatable bonds is 3. The minimum atomic E-state index is -0.120. The molecule has 0 bridgehead atoms. The van der Waals surface area contributed by atoms with Crippen LogP contribution in [-0.4, -0.2) is 25.1 Å². The van der Waals surface area contributed by atoms with E-state index in [0.29, 0.717) is 21.9 Å². The molecule has 0 radical (unpaired) electrons. The number of H-pyrrole nitrogens is 2. The van der Waals surface area contributed by atoms with E-state index in [0.717, 1.165) is 0 Å². The first-order valence-corrected chi connectivity index (χ1v) is 6.63. The fraction of sp³-hybridized carbons (Fsp3) is 0.167. The van der Waals surface area contributed by atoms with Gasteiger partial charge in [-0.05, 0) is 19.1 Å². The van der Waals surface area contributed by atoms with Crippen molar-refractivity contribution in [3.05, 3.63) is 46.8 Å². The van der Waals surface area contributed by atoms with Crippen LogP contribution in [0.2, 0.25) is 0 Å². The van der Waals surface area contributed by atoms with Gasteiger partial charge in [-0.1, -0.05) is 23.9 Å². The summed E-state index contributed by atoms with van der Waals surface area (Å²) in [5.41, 5.74) is 0.580. The highest BCUT2D eigenvalue weighted by Crippen LogP contribution is 2.29. The summed E-state index contributed by atoms with van der Waals surface area (Å²) in [4.78, 5) is 23.3. The second kappa shape index (κ2) is 4.85. The molecule has 0 aliphatic rings. The smallest absolute Gasteiger partial charge is 0.258 e. The lowest BCUT2D eigenvalue weighted by atomic mass is 10.2. The van der Waals surface area contributed by atoms with Crippen molar-refractivity contribution in [2.45, 2.75) is 17.3 Å². The van der Waals surface area contributed by atoms with E-state index in [1.807, 2.05) is 25.1 Å². The van der Waals surface area contributed by atoms with Crippen molar-refractivity contribution in [2.75, 3.05) is 0 Å². The van der Waals surface area contributed by atoms with Gasteiger partial charge in [-0.2, -0.15) is 5.10 Å². The van der Waals surface area contributed by atoms with Gasteiger partial charge in [0, 0.05) is 0 Å². The van der Waals surface area contributed by atoms with Crippen LogP contribution in [0.25, 0.3) is 10.9 Å². The summed E-state index contributed by atoms with van der Waals surface area (Å²) in [6, 6.07) is 7.29. The number of benzene rings is 1. The third kappa shape index (κ3) is 2.37. The van der Waals surface area contributed by atoms with Gasteiger partial charge < -0.3 is 4.98 Å². The van der Waals surface area contributed by atoms with Gasteiger partial charge in [0.15, 0.2) is 5.16 Å². The van der Waals surface area contributed by atoms with E-state index in [-0.39, 0.29) is 10.8 Å². The summed E-state index contributed by atoms with van der Waals surface area (Å²) in [6.45, 7) is 1.96. The van der Waals surface area contributed by atoms with E-state index in [1.54, 1.807) is 6.07 Å². The molecular formula is C12H11N5OS. The molecule has 2 N–H and O–H groups in total. The second-order valence-electron chi connectivity index (χ2n) is 4.02. The Bertz CT molecular complexity index is 752. The topological polar surface area (TPSA) is 87.3 Å². The number of hydrogen-bond acceptors (Lipinski definition) is 5. The van der Waals surface area contributed by atoms with Crippen LogP contribution in [-0.2, 0) is 0 Å². The van der Waals surface area contributed by atoms with Crippen LogP contribution in [0.4, 0.5) is 0 Å². The van der Waals surface area contributed by atoms with Crippen LogP contribution in [0, 0.1) is 0 Å². The maximum Gasteiger partial charge on any atom is 0.258 e. The zero-order valence-corrected chi connectivity index (χ0v) is 10.9. The predicted octanol–water partition coefficient (Wildman–Crippen LogP) is 1.89. The first-order chi connectivity index (χ1) is 9.24. The molecule has 3 rings (SSSR count). The molecule has 1 atom stereocenters. The van der Waals surface area contributed by atoms with Gasteiger partial charge in [0.05, 0.1) is 16.2 Å². The molecule has 19 heavy (non-hydrogen) atoms. The molecule has 3 aromatic rings. The highest BCUT2D eigenvalue weighted by atomic mass is 32.2. The summed E-state index contributed by atoms with van der Waals surface area (Å²) < 4.78 is 0. The molecule has 1 aromatic carbocycles. The van der Waals surface area contributed by atoms with Gasteiger partial charge in [0.2, 0.25) is 0 Å². The first-order valence-electron chi connectivity index (χ1n) is 5.75. The summed E-state index contributed by atoms with van der Waals surface area (Å²) >= 11 is 1.46. The third-order valence-electron chi connectivity index (χ3n) is 2.70. The average Bonchev–Trinajstić information content (AvgIpc) is 2.91. The quantitative estimate of drug-likeness (QED) is 0.712. The largest absolute Gasteiger partial charge is 0.309 e. The summed E-state index contributed by atoms with van der Waals surface area (Å²) in [7, 11) is 0. The summed E-state index contributed by atoms with van der Waals surface area (Å²) in [5.74, 6) is 0.630. The standard InChI is InChI=1S/C12H11N5OS/c1-7(19-12-13-6-14-17-12)10-15-9-5-3-2-4-8(9)11(18)16-10/h2-7H,1H3,(H,13,14,17)(H,15,16,18). The molecule has 0 amide bonds. The molecule has 1 unspecified atom stereocenters. The van der Waals surface area contributed by atoms with E-state index in [4.69, 9.17) is 0 Å². The molecule has 0 spiro atoms. The van der Waals surface area contributed by atoms with E-state index in [2.05, 4.69) is 25.1 Å². The normalized spacial score (nSPS) is 12.7. The Morgan fingerprint density at radius 3 is 2.95 bits per heavy atom. The van der Waals surface area contributed by atoms with Crippen molar-refractivity contribution >= 4 is 22.7 Å². The number of hydrogen-bond donors (Lipinski definition) is 2. The molecule has 2 aromatic heterocycles. The van der Waals surface area contributed by atoms with Gasteiger partial charge in [-0.15, -0.1) is 0 Å². The fourth-order valence-corrected chi connectivity index (χ4v) is 2.54. The molecule has 0 saturated carbocycles. The Labute approximate surface area is 112 Å². The van der Waals surface area contributed by atoms with E-state index >= 15 is 0 Å². The van der Waals surface area contributed by atoms with Crippen molar-refractivity contribution in [2.24, 2.45) is 0 Å². The van der Waals surface area contributed by atoms with Gasteiger partial charge >= 0.3 is 0 Å². The number of aromatic nitrogens is 5. The first kappa shape index (κ1) is 11.9.